The van der Waals surface area contributed by atoms with Crippen molar-refractivity contribution in [1.29, 1.82) is 0 Å². The monoisotopic (exact) mass is 441 g/mol. The van der Waals surface area contributed by atoms with Gasteiger partial charge in [-0.1, -0.05) is 48.7 Å². The predicted octanol–water partition coefficient (Wildman–Crippen LogP) is 4.72. The Labute approximate surface area is 180 Å². The minimum absolute atomic E-state index is 0.179. The van der Waals surface area contributed by atoms with Crippen LogP contribution in [0, 0.1) is 0 Å². The van der Waals surface area contributed by atoms with Crippen LogP contribution in [0.2, 0.25) is 10.0 Å². The first-order chi connectivity index (χ1) is 13.8. The number of dihydropyridines is 1. The second kappa shape index (κ2) is 10.7. The predicted molar refractivity (Wildman–Crippen MR) is 112 cm³/mol. The number of ether oxygens (including phenoxy) is 3. The van der Waals surface area contributed by atoms with Gasteiger partial charge in [-0.3, -0.25) is 0 Å². The van der Waals surface area contributed by atoms with Crippen molar-refractivity contribution in [1.82, 2.24) is 5.32 Å². The van der Waals surface area contributed by atoms with Crippen molar-refractivity contribution >= 4 is 35.1 Å². The van der Waals surface area contributed by atoms with Gasteiger partial charge in [0.25, 0.3) is 0 Å². The summed E-state index contributed by atoms with van der Waals surface area (Å²) in [6.07, 6.45) is 1.85. The molecule has 2 rings (SSSR count). The average Bonchev–Trinajstić information content (AvgIpc) is 2.68. The Balaban J connectivity index is 2.46. The molecule has 1 atom stereocenters. The summed E-state index contributed by atoms with van der Waals surface area (Å²) in [4.78, 5) is 25.5. The summed E-state index contributed by atoms with van der Waals surface area (Å²) in [7, 11) is 1.28. The van der Waals surface area contributed by atoms with Crippen LogP contribution in [0.4, 0.5) is 0 Å². The maximum Gasteiger partial charge on any atom is 0.338 e. The highest BCUT2D eigenvalue weighted by Crippen LogP contribution is 2.43. The van der Waals surface area contributed by atoms with Crippen LogP contribution in [0.15, 0.2) is 40.7 Å². The van der Waals surface area contributed by atoms with Crippen LogP contribution in [0.5, 0.6) is 0 Å². The molecule has 1 aromatic carbocycles. The van der Waals surface area contributed by atoms with E-state index < -0.39 is 17.9 Å². The lowest BCUT2D eigenvalue weighted by Crippen LogP contribution is -2.32. The molecule has 0 amide bonds. The fraction of sp³-hybridized carbons (Fsp3) is 0.429. The zero-order chi connectivity index (χ0) is 21.6. The van der Waals surface area contributed by atoms with Crippen molar-refractivity contribution in [2.45, 2.75) is 39.5 Å². The molecule has 1 aromatic rings. The van der Waals surface area contributed by atoms with E-state index in [-0.39, 0.29) is 23.0 Å². The molecule has 1 unspecified atom stereocenters. The summed E-state index contributed by atoms with van der Waals surface area (Å²) in [5, 5.41) is 3.64. The van der Waals surface area contributed by atoms with Crippen LogP contribution < -0.4 is 5.32 Å². The molecule has 158 valence electrons. The first kappa shape index (κ1) is 23.3. The fourth-order valence-corrected chi connectivity index (χ4v) is 3.59. The molecular formula is C21H25Cl2NO5. The van der Waals surface area contributed by atoms with Crippen LogP contribution in [-0.4, -0.2) is 32.4 Å². The number of benzene rings is 1. The highest BCUT2D eigenvalue weighted by Gasteiger charge is 2.39. The smallest absolute Gasteiger partial charge is 0.338 e. The zero-order valence-electron chi connectivity index (χ0n) is 16.9. The van der Waals surface area contributed by atoms with E-state index in [4.69, 9.17) is 37.4 Å². The van der Waals surface area contributed by atoms with Gasteiger partial charge in [0.1, 0.15) is 0 Å². The van der Waals surface area contributed by atoms with Crippen molar-refractivity contribution in [3.05, 3.63) is 56.3 Å². The van der Waals surface area contributed by atoms with E-state index in [1.807, 2.05) is 6.92 Å². The molecule has 6 nitrogen and oxygen atoms in total. The first-order valence-corrected chi connectivity index (χ1v) is 10.0. The highest BCUT2D eigenvalue weighted by molar-refractivity contribution is 6.42. The first-order valence-electron chi connectivity index (χ1n) is 9.29. The molecular weight excluding hydrogens is 417 g/mol. The lowest BCUT2D eigenvalue weighted by molar-refractivity contribution is -0.151. The van der Waals surface area contributed by atoms with Gasteiger partial charge in [-0.05, 0) is 31.9 Å². The van der Waals surface area contributed by atoms with Crippen molar-refractivity contribution in [2.75, 3.05) is 20.5 Å². The van der Waals surface area contributed by atoms with E-state index in [0.29, 0.717) is 28.6 Å². The van der Waals surface area contributed by atoms with Crippen molar-refractivity contribution in [3.8, 4) is 0 Å². The molecule has 1 aliphatic rings. The second-order valence-electron chi connectivity index (χ2n) is 6.58. The van der Waals surface area contributed by atoms with E-state index in [2.05, 4.69) is 5.32 Å². The van der Waals surface area contributed by atoms with Gasteiger partial charge in [0.2, 0.25) is 0 Å². The standard InChI is InChI=1S/C21H25Cl2NO5/c1-5-6-10-28-11-29-21(26)17-13(3)24-12(2)16(20(25)27-4)18(17)14-8-7-9-15(22)19(14)23/h7-9,18,24H,5-6,10-11H2,1-4H3. The number of carbonyl (C=O) groups is 2. The Morgan fingerprint density at radius 2 is 1.76 bits per heavy atom. The van der Waals surface area contributed by atoms with Gasteiger partial charge in [-0.25, -0.2) is 9.59 Å². The number of allylic oxidation sites excluding steroid dienone is 2. The lowest BCUT2D eigenvalue weighted by Gasteiger charge is -2.30. The van der Waals surface area contributed by atoms with E-state index in [9.17, 15) is 9.59 Å². The van der Waals surface area contributed by atoms with E-state index in [1.54, 1.807) is 32.0 Å². The average molecular weight is 442 g/mol. The van der Waals surface area contributed by atoms with Gasteiger partial charge in [-0.15, -0.1) is 0 Å². The number of nitrogens with one attached hydrogen (secondary N) is 1. The van der Waals surface area contributed by atoms with Gasteiger partial charge >= 0.3 is 11.9 Å². The van der Waals surface area contributed by atoms with Crippen molar-refractivity contribution in [2.24, 2.45) is 0 Å². The molecule has 0 saturated carbocycles. The Morgan fingerprint density at radius 3 is 2.38 bits per heavy atom. The molecule has 0 radical (unpaired) electrons. The van der Waals surface area contributed by atoms with Crippen LogP contribution in [-0.2, 0) is 23.8 Å². The fourth-order valence-electron chi connectivity index (χ4n) is 3.18. The number of esters is 2. The molecule has 0 saturated heterocycles. The topological polar surface area (TPSA) is 73.9 Å². The maximum absolute atomic E-state index is 12.9. The third-order valence-electron chi connectivity index (χ3n) is 4.59. The number of carbonyl (C=O) groups excluding carboxylic acids is 2. The summed E-state index contributed by atoms with van der Waals surface area (Å²) < 4.78 is 15.6. The van der Waals surface area contributed by atoms with Crippen molar-refractivity contribution in [3.63, 3.8) is 0 Å². The molecule has 0 bridgehead atoms. The summed E-state index contributed by atoms with van der Waals surface area (Å²) in [5.41, 5.74) is 2.14. The molecule has 0 aliphatic carbocycles. The van der Waals surface area contributed by atoms with Crippen LogP contribution in [0.3, 0.4) is 0 Å². The maximum atomic E-state index is 12.9. The van der Waals surface area contributed by atoms with Gasteiger partial charge in [0.15, 0.2) is 6.79 Å². The van der Waals surface area contributed by atoms with Gasteiger partial charge in [0, 0.05) is 11.4 Å². The number of rotatable bonds is 8. The minimum Gasteiger partial charge on any atom is -0.466 e. The Morgan fingerprint density at radius 1 is 1.10 bits per heavy atom. The van der Waals surface area contributed by atoms with Crippen molar-refractivity contribution < 1.29 is 23.8 Å². The Bertz CT molecular complexity index is 847. The van der Waals surface area contributed by atoms with E-state index in [1.165, 1.54) is 7.11 Å². The molecule has 0 fully saturated rings. The summed E-state index contributed by atoms with van der Waals surface area (Å²) in [6, 6.07) is 5.07. The molecule has 1 N–H and O–H groups in total. The zero-order valence-corrected chi connectivity index (χ0v) is 18.4. The van der Waals surface area contributed by atoms with E-state index in [0.717, 1.165) is 12.8 Å². The third kappa shape index (κ3) is 5.32. The summed E-state index contributed by atoms with van der Waals surface area (Å²) >= 11 is 12.6. The van der Waals surface area contributed by atoms with Gasteiger partial charge in [0.05, 0.1) is 40.8 Å². The molecule has 1 heterocycles. The SMILES string of the molecule is CCCCOCOC(=O)C1=C(C)NC(C)=C(C(=O)OC)C1c1cccc(Cl)c1Cl. The normalized spacial score (nSPS) is 16.6. The number of methoxy groups -OCH3 is 1. The summed E-state index contributed by atoms with van der Waals surface area (Å²) in [5.74, 6) is -1.98. The minimum atomic E-state index is -0.793. The highest BCUT2D eigenvalue weighted by atomic mass is 35.5. The van der Waals surface area contributed by atoms with Crippen LogP contribution in [0.25, 0.3) is 0 Å². The number of unbranched alkanes of at least 4 members (excludes halogenated alkanes) is 1. The van der Waals surface area contributed by atoms with E-state index >= 15 is 0 Å². The number of hydrogen-bond donors (Lipinski definition) is 1. The Hall–Kier alpha value is -2.02. The molecule has 1 aliphatic heterocycles. The second-order valence-corrected chi connectivity index (χ2v) is 7.37. The van der Waals surface area contributed by atoms with Crippen LogP contribution in [0.1, 0.15) is 45.1 Å². The number of halogens is 2. The Kier molecular flexibility index (Phi) is 8.56. The number of hydrogen-bond acceptors (Lipinski definition) is 6. The molecule has 0 aromatic heterocycles. The van der Waals surface area contributed by atoms with Gasteiger partial charge in [-0.2, -0.15) is 0 Å². The third-order valence-corrected chi connectivity index (χ3v) is 5.43. The quantitative estimate of drug-likeness (QED) is 0.357. The summed E-state index contributed by atoms with van der Waals surface area (Å²) in [6.45, 7) is 5.83. The molecule has 8 heteroatoms. The van der Waals surface area contributed by atoms with Gasteiger partial charge < -0.3 is 19.5 Å². The van der Waals surface area contributed by atoms with Crippen LogP contribution >= 0.6 is 23.2 Å². The largest absolute Gasteiger partial charge is 0.466 e. The lowest BCUT2D eigenvalue weighted by atomic mass is 9.80. The molecule has 29 heavy (non-hydrogen) atoms. The molecule has 0 spiro atoms.